The topological polar surface area (TPSA) is 96.9 Å². The minimum atomic E-state index is -0.917. The highest BCUT2D eigenvalue weighted by Crippen LogP contribution is 2.38. The molecule has 0 bridgehead atoms. The summed E-state index contributed by atoms with van der Waals surface area (Å²) < 4.78 is 2.49. The van der Waals surface area contributed by atoms with Crippen molar-refractivity contribution < 1.29 is 14.7 Å². The van der Waals surface area contributed by atoms with E-state index < -0.39 is 11.4 Å². The van der Waals surface area contributed by atoms with E-state index in [2.05, 4.69) is 5.10 Å². The number of nitrogens with zero attached hydrogens (tertiary/aromatic N) is 4. The molecular formula is C16H20N4O4. The minimum absolute atomic E-state index is 0.0780. The van der Waals surface area contributed by atoms with Gasteiger partial charge in [0, 0.05) is 19.3 Å². The molecule has 1 amide bonds. The van der Waals surface area contributed by atoms with E-state index in [1.54, 1.807) is 24.4 Å². The fraction of sp³-hybridized carbons (Fsp3) is 0.500. The number of rotatable bonds is 4. The molecule has 128 valence electrons. The lowest BCUT2D eigenvalue weighted by atomic mass is 9.76. The van der Waals surface area contributed by atoms with Crippen LogP contribution in [-0.4, -0.2) is 49.2 Å². The molecule has 1 atom stereocenters. The maximum absolute atomic E-state index is 12.5. The third-order valence-corrected chi connectivity index (χ3v) is 4.96. The first kappa shape index (κ1) is 16.2. The zero-order chi connectivity index (χ0) is 17.5. The van der Waals surface area contributed by atoms with Crippen LogP contribution >= 0.6 is 0 Å². The van der Waals surface area contributed by atoms with Crippen molar-refractivity contribution in [1.29, 1.82) is 0 Å². The first-order valence-electron chi connectivity index (χ1n) is 7.90. The summed E-state index contributed by atoms with van der Waals surface area (Å²) in [4.78, 5) is 37.9. The third kappa shape index (κ3) is 2.47. The van der Waals surface area contributed by atoms with Gasteiger partial charge in [0.1, 0.15) is 6.54 Å². The summed E-state index contributed by atoms with van der Waals surface area (Å²) in [5, 5.41) is 13.7. The molecule has 3 rings (SSSR count). The van der Waals surface area contributed by atoms with Gasteiger partial charge in [-0.05, 0) is 24.5 Å². The molecule has 8 heteroatoms. The molecule has 2 aromatic rings. The summed E-state index contributed by atoms with van der Waals surface area (Å²) in [5.74, 6) is -1.24. The second-order valence-electron chi connectivity index (χ2n) is 6.55. The average molecular weight is 332 g/mol. The van der Waals surface area contributed by atoms with E-state index in [0.29, 0.717) is 18.6 Å². The quantitative estimate of drug-likeness (QED) is 0.877. The van der Waals surface area contributed by atoms with E-state index >= 15 is 0 Å². The van der Waals surface area contributed by atoms with Crippen molar-refractivity contribution in [2.45, 2.75) is 26.8 Å². The van der Waals surface area contributed by atoms with Gasteiger partial charge in [0.2, 0.25) is 5.91 Å². The number of carboxylic acid groups (broad SMARTS) is 1. The van der Waals surface area contributed by atoms with E-state index in [1.807, 2.05) is 13.8 Å². The predicted molar refractivity (Wildman–Crippen MR) is 85.6 cm³/mol. The van der Waals surface area contributed by atoms with Crippen LogP contribution in [0.3, 0.4) is 0 Å². The van der Waals surface area contributed by atoms with Crippen molar-refractivity contribution >= 4 is 17.5 Å². The van der Waals surface area contributed by atoms with E-state index in [9.17, 15) is 19.5 Å². The van der Waals surface area contributed by atoms with Crippen LogP contribution in [0.5, 0.6) is 0 Å². The van der Waals surface area contributed by atoms with Gasteiger partial charge in [0.15, 0.2) is 5.65 Å². The Morgan fingerprint density at radius 2 is 2.12 bits per heavy atom. The molecule has 0 aromatic carbocycles. The molecule has 1 unspecified atom stereocenters. The maximum Gasteiger partial charge on any atom is 0.350 e. The molecule has 0 saturated carbocycles. The fourth-order valence-corrected chi connectivity index (χ4v) is 3.24. The summed E-state index contributed by atoms with van der Waals surface area (Å²) in [6, 6.07) is 5.16. The van der Waals surface area contributed by atoms with Gasteiger partial charge in [-0.15, -0.1) is 5.10 Å². The van der Waals surface area contributed by atoms with Crippen LogP contribution in [0.2, 0.25) is 0 Å². The molecule has 2 aromatic heterocycles. The Labute approximate surface area is 138 Å². The number of amides is 1. The van der Waals surface area contributed by atoms with Crippen LogP contribution in [-0.2, 0) is 16.1 Å². The molecule has 0 radical (unpaired) electrons. The summed E-state index contributed by atoms with van der Waals surface area (Å²) in [6.07, 6.45) is 2.02. The number of carbonyl (C=O) groups excluding carboxylic acids is 1. The van der Waals surface area contributed by atoms with Crippen LogP contribution in [0.15, 0.2) is 29.2 Å². The van der Waals surface area contributed by atoms with Gasteiger partial charge in [-0.25, -0.2) is 9.48 Å². The Hall–Kier alpha value is -2.64. The number of hydrogen-bond acceptors (Lipinski definition) is 4. The van der Waals surface area contributed by atoms with E-state index in [0.717, 1.165) is 4.68 Å². The molecule has 8 nitrogen and oxygen atoms in total. The smallest absolute Gasteiger partial charge is 0.350 e. The highest BCUT2D eigenvalue weighted by atomic mass is 16.4. The van der Waals surface area contributed by atoms with Crippen LogP contribution < -0.4 is 5.69 Å². The Morgan fingerprint density at radius 1 is 1.38 bits per heavy atom. The molecule has 1 N–H and O–H groups in total. The van der Waals surface area contributed by atoms with E-state index in [4.69, 9.17) is 0 Å². The van der Waals surface area contributed by atoms with Gasteiger partial charge < -0.3 is 10.0 Å². The number of likely N-dealkylation sites (tertiary alicyclic amines) is 1. The highest BCUT2D eigenvalue weighted by molar-refractivity contribution is 5.80. The number of fused-ring (bicyclic) bond motifs is 1. The van der Waals surface area contributed by atoms with Crippen LogP contribution in [0.1, 0.15) is 20.3 Å². The summed E-state index contributed by atoms with van der Waals surface area (Å²) in [6.45, 7) is 4.07. The number of pyridine rings is 1. The lowest BCUT2D eigenvalue weighted by Gasteiger charge is -2.28. The standard InChI is InChI=1S/C16H20N4O4/c1-11(2)16(14(22)23)6-8-18(10-16)13(21)9-20-15(24)19-7-4-3-5-12(19)17-20/h3-5,7,11H,6,8-10H2,1-2H3,(H,22,23). The zero-order valence-electron chi connectivity index (χ0n) is 13.7. The van der Waals surface area contributed by atoms with Crippen molar-refractivity contribution in [1.82, 2.24) is 19.1 Å². The second kappa shape index (κ2) is 5.77. The largest absolute Gasteiger partial charge is 0.481 e. The minimum Gasteiger partial charge on any atom is -0.481 e. The Bertz CT molecular complexity index is 853. The number of carbonyl (C=O) groups is 2. The van der Waals surface area contributed by atoms with Crippen molar-refractivity contribution in [3.8, 4) is 0 Å². The zero-order valence-corrected chi connectivity index (χ0v) is 13.7. The monoisotopic (exact) mass is 332 g/mol. The molecule has 1 aliphatic heterocycles. The van der Waals surface area contributed by atoms with E-state index in [-0.39, 0.29) is 30.6 Å². The normalized spacial score (nSPS) is 20.9. The van der Waals surface area contributed by atoms with Crippen LogP contribution in [0.25, 0.3) is 5.65 Å². The van der Waals surface area contributed by atoms with Gasteiger partial charge in [-0.1, -0.05) is 19.9 Å². The van der Waals surface area contributed by atoms with Gasteiger partial charge in [0.05, 0.1) is 5.41 Å². The first-order chi connectivity index (χ1) is 11.3. The Balaban J connectivity index is 1.79. The average Bonchev–Trinajstić information content (AvgIpc) is 3.12. The molecule has 0 aliphatic carbocycles. The summed E-state index contributed by atoms with van der Waals surface area (Å²) in [7, 11) is 0. The molecular weight excluding hydrogens is 312 g/mol. The molecule has 1 saturated heterocycles. The van der Waals surface area contributed by atoms with Gasteiger partial charge in [-0.2, -0.15) is 0 Å². The molecule has 3 heterocycles. The Kier molecular flexibility index (Phi) is 3.90. The third-order valence-electron chi connectivity index (χ3n) is 4.96. The molecule has 24 heavy (non-hydrogen) atoms. The Morgan fingerprint density at radius 3 is 2.71 bits per heavy atom. The highest BCUT2D eigenvalue weighted by Gasteiger charge is 2.48. The lowest BCUT2D eigenvalue weighted by molar-refractivity contribution is -0.151. The van der Waals surface area contributed by atoms with Crippen LogP contribution in [0, 0.1) is 11.3 Å². The van der Waals surface area contributed by atoms with E-state index in [1.165, 1.54) is 9.30 Å². The van der Waals surface area contributed by atoms with Crippen molar-refractivity contribution in [2.24, 2.45) is 11.3 Å². The van der Waals surface area contributed by atoms with Crippen molar-refractivity contribution in [3.63, 3.8) is 0 Å². The number of hydrogen-bond donors (Lipinski definition) is 1. The number of aromatic nitrogens is 3. The first-order valence-corrected chi connectivity index (χ1v) is 7.90. The van der Waals surface area contributed by atoms with Gasteiger partial charge in [-0.3, -0.25) is 14.0 Å². The summed E-state index contributed by atoms with van der Waals surface area (Å²) >= 11 is 0. The SMILES string of the molecule is CC(C)C1(C(=O)O)CCN(C(=O)Cn2nc3ccccn3c2=O)C1. The maximum atomic E-state index is 12.5. The second-order valence-corrected chi connectivity index (χ2v) is 6.55. The molecule has 0 spiro atoms. The van der Waals surface area contributed by atoms with Crippen molar-refractivity contribution in [3.05, 3.63) is 34.9 Å². The van der Waals surface area contributed by atoms with Gasteiger partial charge >= 0.3 is 11.7 Å². The fourth-order valence-electron chi connectivity index (χ4n) is 3.24. The van der Waals surface area contributed by atoms with Gasteiger partial charge in [0.25, 0.3) is 0 Å². The summed E-state index contributed by atoms with van der Waals surface area (Å²) in [5.41, 5.74) is -0.829. The lowest BCUT2D eigenvalue weighted by Crippen LogP contribution is -2.42. The number of carboxylic acids is 1. The van der Waals surface area contributed by atoms with Crippen molar-refractivity contribution in [2.75, 3.05) is 13.1 Å². The number of aliphatic carboxylic acids is 1. The van der Waals surface area contributed by atoms with Crippen LogP contribution in [0.4, 0.5) is 0 Å². The predicted octanol–water partition coefficient (Wildman–Crippen LogP) is 0.455. The molecule has 1 aliphatic rings. The molecule has 1 fully saturated rings.